The van der Waals surface area contributed by atoms with Crippen LogP contribution in [0.2, 0.25) is 0 Å². The molecule has 2 atom stereocenters. The van der Waals surface area contributed by atoms with Gasteiger partial charge in [0, 0.05) is 4.47 Å². The molecule has 0 aromatic heterocycles. The Morgan fingerprint density at radius 3 is 2.28 bits per heavy atom. The van der Waals surface area contributed by atoms with Gasteiger partial charge in [-0.25, -0.2) is 9.69 Å². The van der Waals surface area contributed by atoms with Crippen molar-refractivity contribution >= 4 is 50.8 Å². The Bertz CT molecular complexity index is 1020. The summed E-state index contributed by atoms with van der Waals surface area (Å²) in [6.07, 6.45) is 0. The Morgan fingerprint density at radius 1 is 1.03 bits per heavy atom. The van der Waals surface area contributed by atoms with Gasteiger partial charge in [0.15, 0.2) is 5.71 Å². The number of halogens is 1. The van der Waals surface area contributed by atoms with Crippen LogP contribution in [0.5, 0.6) is 0 Å². The molecule has 1 fully saturated rings. The van der Waals surface area contributed by atoms with Gasteiger partial charge in [-0.15, -0.1) is 0 Å². The SMILES string of the molecule is CCOC(=O)C1=NN(c2ccc(C)cc2)[C@@H]2C(=O)N(c3ccc(Br)cc3)C(=O)[C@H]12. The first kappa shape index (κ1) is 19.3. The average Bonchev–Trinajstić information content (AvgIpc) is 3.21. The number of anilines is 2. The zero-order valence-electron chi connectivity index (χ0n) is 15.8. The number of carbonyl (C=O) groups excluding carboxylic acids is 3. The number of hydrogen-bond donors (Lipinski definition) is 0. The number of esters is 1. The highest BCUT2D eigenvalue weighted by atomic mass is 79.9. The molecule has 2 aliphatic heterocycles. The molecule has 148 valence electrons. The third-order valence-corrected chi connectivity index (χ3v) is 5.45. The molecular formula is C21H18BrN3O4. The minimum Gasteiger partial charge on any atom is -0.461 e. The normalized spacial score (nSPS) is 20.7. The van der Waals surface area contributed by atoms with E-state index in [2.05, 4.69) is 21.0 Å². The number of carbonyl (C=O) groups is 3. The Morgan fingerprint density at radius 2 is 1.66 bits per heavy atom. The van der Waals surface area contributed by atoms with Gasteiger partial charge in [-0.2, -0.15) is 5.10 Å². The second kappa shape index (κ2) is 7.44. The van der Waals surface area contributed by atoms with Crippen molar-refractivity contribution in [3.05, 3.63) is 58.6 Å². The number of nitrogens with zero attached hydrogens (tertiary/aromatic N) is 3. The van der Waals surface area contributed by atoms with Crippen LogP contribution in [0, 0.1) is 12.8 Å². The fourth-order valence-electron chi connectivity index (χ4n) is 3.54. The predicted molar refractivity (Wildman–Crippen MR) is 112 cm³/mol. The standard InChI is InChI=1S/C21H18BrN3O4/c1-3-29-21(28)17-16-18(25(23-17)15-8-4-12(2)5-9-15)20(27)24(19(16)26)14-10-6-13(22)7-11-14/h4-11,16,18H,3H2,1-2H3/t16-,18+/m1/s1. The second-order valence-corrected chi connectivity index (χ2v) is 7.71. The lowest BCUT2D eigenvalue weighted by Crippen LogP contribution is -2.39. The summed E-state index contributed by atoms with van der Waals surface area (Å²) < 4.78 is 5.92. The Labute approximate surface area is 176 Å². The van der Waals surface area contributed by atoms with E-state index >= 15 is 0 Å². The van der Waals surface area contributed by atoms with Crippen LogP contribution in [0.4, 0.5) is 11.4 Å². The minimum atomic E-state index is -1.01. The summed E-state index contributed by atoms with van der Waals surface area (Å²) in [6, 6.07) is 13.3. The molecule has 2 heterocycles. The van der Waals surface area contributed by atoms with Crippen LogP contribution in [-0.2, 0) is 19.1 Å². The van der Waals surface area contributed by atoms with Gasteiger partial charge < -0.3 is 4.74 Å². The Kier molecular flexibility index (Phi) is 4.96. The zero-order chi connectivity index (χ0) is 20.7. The fourth-order valence-corrected chi connectivity index (χ4v) is 3.81. The maximum absolute atomic E-state index is 13.3. The van der Waals surface area contributed by atoms with E-state index in [9.17, 15) is 14.4 Å². The molecule has 29 heavy (non-hydrogen) atoms. The molecule has 0 bridgehead atoms. The highest BCUT2D eigenvalue weighted by molar-refractivity contribution is 9.10. The van der Waals surface area contributed by atoms with Crippen molar-refractivity contribution in [1.29, 1.82) is 0 Å². The third-order valence-electron chi connectivity index (χ3n) is 4.92. The van der Waals surface area contributed by atoms with Gasteiger partial charge in [0.1, 0.15) is 12.0 Å². The highest BCUT2D eigenvalue weighted by Gasteiger charge is 2.59. The molecule has 0 radical (unpaired) electrons. The summed E-state index contributed by atoms with van der Waals surface area (Å²) in [6.45, 7) is 3.78. The number of rotatable bonds is 4. The molecule has 4 rings (SSSR count). The highest BCUT2D eigenvalue weighted by Crippen LogP contribution is 2.38. The summed E-state index contributed by atoms with van der Waals surface area (Å²) in [4.78, 5) is 40.1. The van der Waals surface area contributed by atoms with Crippen LogP contribution in [0.15, 0.2) is 58.1 Å². The van der Waals surface area contributed by atoms with Crippen molar-refractivity contribution in [2.75, 3.05) is 16.5 Å². The molecule has 0 N–H and O–H groups in total. The predicted octanol–water partition coefficient (Wildman–Crippen LogP) is 3.05. The maximum atomic E-state index is 13.3. The molecule has 2 aliphatic rings. The molecule has 2 amide bonds. The van der Waals surface area contributed by atoms with Crippen molar-refractivity contribution in [3.63, 3.8) is 0 Å². The van der Waals surface area contributed by atoms with Gasteiger partial charge in [0.2, 0.25) is 5.91 Å². The van der Waals surface area contributed by atoms with E-state index < -0.39 is 29.7 Å². The van der Waals surface area contributed by atoms with Crippen molar-refractivity contribution in [2.45, 2.75) is 19.9 Å². The van der Waals surface area contributed by atoms with Crippen LogP contribution in [0.25, 0.3) is 0 Å². The molecular weight excluding hydrogens is 438 g/mol. The van der Waals surface area contributed by atoms with Crippen LogP contribution >= 0.6 is 15.9 Å². The number of aryl methyl sites for hydroxylation is 1. The third kappa shape index (κ3) is 3.23. The molecule has 0 aliphatic carbocycles. The van der Waals surface area contributed by atoms with E-state index in [1.807, 2.05) is 31.2 Å². The van der Waals surface area contributed by atoms with E-state index in [0.29, 0.717) is 11.4 Å². The van der Waals surface area contributed by atoms with Crippen molar-refractivity contribution in [3.8, 4) is 0 Å². The first-order valence-corrected chi connectivity index (χ1v) is 9.96. The van der Waals surface area contributed by atoms with Gasteiger partial charge in [0.25, 0.3) is 5.91 Å². The second-order valence-electron chi connectivity index (χ2n) is 6.80. The molecule has 1 saturated heterocycles. The average molecular weight is 456 g/mol. The minimum absolute atomic E-state index is 0.0459. The number of hydrazone groups is 1. The quantitative estimate of drug-likeness (QED) is 0.522. The monoisotopic (exact) mass is 455 g/mol. The molecule has 7 nitrogen and oxygen atoms in total. The van der Waals surface area contributed by atoms with Gasteiger partial charge in [-0.3, -0.25) is 14.6 Å². The number of fused-ring (bicyclic) bond motifs is 1. The van der Waals surface area contributed by atoms with Crippen molar-refractivity contribution in [1.82, 2.24) is 0 Å². The molecule has 2 aromatic carbocycles. The lowest BCUT2D eigenvalue weighted by Gasteiger charge is -2.22. The van der Waals surface area contributed by atoms with Crippen molar-refractivity contribution in [2.24, 2.45) is 11.0 Å². The van der Waals surface area contributed by atoms with Crippen LogP contribution in [0.3, 0.4) is 0 Å². The largest absolute Gasteiger partial charge is 0.461 e. The summed E-state index contributed by atoms with van der Waals surface area (Å²) in [5.74, 6) is -2.60. The molecule has 0 spiro atoms. The topological polar surface area (TPSA) is 79.3 Å². The summed E-state index contributed by atoms with van der Waals surface area (Å²) in [5.41, 5.74) is 2.08. The van der Waals surface area contributed by atoms with E-state index in [-0.39, 0.29) is 12.3 Å². The van der Waals surface area contributed by atoms with Crippen LogP contribution in [-0.4, -0.2) is 36.1 Å². The van der Waals surface area contributed by atoms with Gasteiger partial charge >= 0.3 is 5.97 Å². The van der Waals surface area contributed by atoms with Gasteiger partial charge in [0.05, 0.1) is 18.0 Å². The maximum Gasteiger partial charge on any atom is 0.355 e. The molecule has 0 saturated carbocycles. The Hall–Kier alpha value is -3.00. The number of hydrogen-bond acceptors (Lipinski definition) is 6. The molecule has 8 heteroatoms. The lowest BCUT2D eigenvalue weighted by atomic mass is 9.97. The Balaban J connectivity index is 1.78. The summed E-state index contributed by atoms with van der Waals surface area (Å²) >= 11 is 3.35. The number of benzene rings is 2. The zero-order valence-corrected chi connectivity index (χ0v) is 17.4. The molecule has 2 aromatic rings. The molecule has 0 unspecified atom stereocenters. The summed E-state index contributed by atoms with van der Waals surface area (Å²) in [5, 5.41) is 5.79. The van der Waals surface area contributed by atoms with Crippen molar-refractivity contribution < 1.29 is 19.1 Å². The van der Waals surface area contributed by atoms with Gasteiger partial charge in [-0.1, -0.05) is 33.6 Å². The van der Waals surface area contributed by atoms with E-state index in [1.54, 1.807) is 31.2 Å². The fraction of sp³-hybridized carbons (Fsp3) is 0.238. The lowest BCUT2D eigenvalue weighted by molar-refractivity contribution is -0.136. The van der Waals surface area contributed by atoms with E-state index in [0.717, 1.165) is 14.9 Å². The first-order chi connectivity index (χ1) is 13.9. The van der Waals surface area contributed by atoms with E-state index in [4.69, 9.17) is 4.74 Å². The van der Waals surface area contributed by atoms with E-state index in [1.165, 1.54) is 5.01 Å². The number of imide groups is 1. The first-order valence-electron chi connectivity index (χ1n) is 9.17. The van der Waals surface area contributed by atoms with Crippen LogP contribution in [0.1, 0.15) is 12.5 Å². The van der Waals surface area contributed by atoms with Gasteiger partial charge in [-0.05, 0) is 50.2 Å². The number of amides is 2. The summed E-state index contributed by atoms with van der Waals surface area (Å²) in [7, 11) is 0. The van der Waals surface area contributed by atoms with Crippen LogP contribution < -0.4 is 9.91 Å². The smallest absolute Gasteiger partial charge is 0.355 e. The number of ether oxygens (including phenoxy) is 1.